The average molecular weight is 251 g/mol. The number of benzene rings is 1. The van der Waals surface area contributed by atoms with Crippen LogP contribution in [0, 0.1) is 5.41 Å². The van der Waals surface area contributed by atoms with Gasteiger partial charge in [0.25, 0.3) is 0 Å². The summed E-state index contributed by atoms with van der Waals surface area (Å²) in [5, 5.41) is 1.52. The van der Waals surface area contributed by atoms with E-state index in [1.165, 1.54) is 0 Å². The van der Waals surface area contributed by atoms with Crippen molar-refractivity contribution >= 4 is 28.4 Å². The zero-order chi connectivity index (χ0) is 12.6. The van der Waals surface area contributed by atoms with E-state index in [4.69, 9.17) is 16.0 Å². The summed E-state index contributed by atoms with van der Waals surface area (Å²) in [6, 6.07) is 7.10. The van der Waals surface area contributed by atoms with Crippen LogP contribution in [0.1, 0.15) is 37.7 Å². The molecule has 1 heterocycles. The first-order chi connectivity index (χ1) is 7.85. The van der Waals surface area contributed by atoms with Gasteiger partial charge >= 0.3 is 0 Å². The molecule has 2 rings (SSSR count). The molecule has 0 fully saturated rings. The molecule has 0 bridgehead atoms. The minimum absolute atomic E-state index is 0.0322. The number of Topliss-reactive ketones (excluding diaryl/α,β-unsaturated/α-hetero) is 1. The summed E-state index contributed by atoms with van der Waals surface area (Å²) in [4.78, 5) is 12.0. The second-order valence-corrected chi connectivity index (χ2v) is 5.89. The molecule has 0 unspecified atom stereocenters. The number of hydrogen-bond donors (Lipinski definition) is 0. The van der Waals surface area contributed by atoms with E-state index >= 15 is 0 Å². The van der Waals surface area contributed by atoms with Crippen molar-refractivity contribution < 1.29 is 9.21 Å². The van der Waals surface area contributed by atoms with E-state index in [1.807, 2.05) is 20.8 Å². The molecule has 0 aliphatic carbocycles. The fourth-order valence-electron chi connectivity index (χ4n) is 1.72. The maximum Gasteiger partial charge on any atom is 0.198 e. The van der Waals surface area contributed by atoms with Gasteiger partial charge in [-0.3, -0.25) is 4.79 Å². The van der Waals surface area contributed by atoms with Gasteiger partial charge in [-0.2, -0.15) is 0 Å². The highest BCUT2D eigenvalue weighted by molar-refractivity contribution is 6.31. The van der Waals surface area contributed by atoms with E-state index < -0.39 is 0 Å². The Kier molecular flexibility index (Phi) is 3.00. The van der Waals surface area contributed by atoms with Crippen molar-refractivity contribution in [2.45, 2.75) is 27.2 Å². The molecular formula is C14H15ClO2. The summed E-state index contributed by atoms with van der Waals surface area (Å²) >= 11 is 5.89. The van der Waals surface area contributed by atoms with Crippen molar-refractivity contribution in [1.82, 2.24) is 0 Å². The molecule has 2 nitrogen and oxygen atoms in total. The largest absolute Gasteiger partial charge is 0.453 e. The van der Waals surface area contributed by atoms with Gasteiger partial charge in [0.1, 0.15) is 5.58 Å². The van der Waals surface area contributed by atoms with E-state index in [2.05, 4.69) is 0 Å². The minimum atomic E-state index is -0.0340. The van der Waals surface area contributed by atoms with E-state index in [0.717, 1.165) is 5.39 Å². The topological polar surface area (TPSA) is 30.2 Å². The molecule has 0 aliphatic rings. The van der Waals surface area contributed by atoms with Crippen molar-refractivity contribution in [2.75, 3.05) is 0 Å². The normalized spacial score (nSPS) is 12.0. The second-order valence-electron chi connectivity index (χ2n) is 5.45. The number of carbonyl (C=O) groups is 1. The third kappa shape index (κ3) is 2.89. The van der Waals surface area contributed by atoms with Gasteiger partial charge in [0.15, 0.2) is 11.5 Å². The van der Waals surface area contributed by atoms with Crippen LogP contribution in [0.3, 0.4) is 0 Å². The van der Waals surface area contributed by atoms with Crippen LogP contribution in [0.15, 0.2) is 28.7 Å². The Labute approximate surface area is 106 Å². The molecule has 0 spiro atoms. The zero-order valence-electron chi connectivity index (χ0n) is 10.2. The summed E-state index contributed by atoms with van der Waals surface area (Å²) in [5.41, 5.74) is 0.667. The number of hydrogen-bond acceptors (Lipinski definition) is 2. The van der Waals surface area contributed by atoms with E-state index in [9.17, 15) is 4.79 Å². The van der Waals surface area contributed by atoms with E-state index in [1.54, 1.807) is 24.3 Å². The van der Waals surface area contributed by atoms with Crippen molar-refractivity contribution in [1.29, 1.82) is 0 Å². The maximum absolute atomic E-state index is 12.0. The Morgan fingerprint density at radius 3 is 2.65 bits per heavy atom. The highest BCUT2D eigenvalue weighted by atomic mass is 35.5. The number of halogens is 1. The van der Waals surface area contributed by atoms with Crippen molar-refractivity contribution in [3.05, 3.63) is 35.0 Å². The number of furan rings is 1. The Morgan fingerprint density at radius 1 is 1.29 bits per heavy atom. The van der Waals surface area contributed by atoms with E-state index in [0.29, 0.717) is 22.8 Å². The first-order valence-corrected chi connectivity index (χ1v) is 5.95. The van der Waals surface area contributed by atoms with Gasteiger partial charge in [0.05, 0.1) is 0 Å². The summed E-state index contributed by atoms with van der Waals surface area (Å²) < 4.78 is 5.52. The molecule has 0 radical (unpaired) electrons. The van der Waals surface area contributed by atoms with E-state index in [-0.39, 0.29) is 11.2 Å². The minimum Gasteiger partial charge on any atom is -0.453 e. The Bertz CT molecular complexity index is 561. The number of rotatable bonds is 2. The Hall–Kier alpha value is -1.28. The lowest BCUT2D eigenvalue weighted by Gasteiger charge is -2.15. The number of fused-ring (bicyclic) bond motifs is 1. The molecule has 17 heavy (non-hydrogen) atoms. The van der Waals surface area contributed by atoms with Crippen LogP contribution in [-0.2, 0) is 0 Å². The predicted molar refractivity (Wildman–Crippen MR) is 69.6 cm³/mol. The standard InChI is InChI=1S/C14H15ClO2/c1-14(2,3)8-11(16)13-7-9-6-10(15)4-5-12(9)17-13/h4-7H,8H2,1-3H3. The predicted octanol–water partition coefficient (Wildman–Crippen LogP) is 4.71. The molecule has 0 saturated carbocycles. The first-order valence-electron chi connectivity index (χ1n) is 5.57. The van der Waals surface area contributed by atoms with Gasteiger partial charge in [-0.1, -0.05) is 32.4 Å². The van der Waals surface area contributed by atoms with Gasteiger partial charge < -0.3 is 4.42 Å². The van der Waals surface area contributed by atoms with Gasteiger partial charge in [-0.25, -0.2) is 0 Å². The lowest BCUT2D eigenvalue weighted by Crippen LogP contribution is -2.12. The smallest absolute Gasteiger partial charge is 0.198 e. The van der Waals surface area contributed by atoms with Crippen LogP contribution < -0.4 is 0 Å². The highest BCUT2D eigenvalue weighted by Gasteiger charge is 2.20. The van der Waals surface area contributed by atoms with Gasteiger partial charge in [-0.05, 0) is 29.7 Å². The lowest BCUT2D eigenvalue weighted by molar-refractivity contribution is 0.0914. The highest BCUT2D eigenvalue weighted by Crippen LogP contribution is 2.26. The molecule has 0 N–H and O–H groups in total. The molecule has 90 valence electrons. The molecule has 0 saturated heterocycles. The number of carbonyl (C=O) groups excluding carboxylic acids is 1. The third-order valence-electron chi connectivity index (χ3n) is 2.44. The van der Waals surface area contributed by atoms with Crippen molar-refractivity contribution in [3.63, 3.8) is 0 Å². The van der Waals surface area contributed by atoms with Gasteiger partial charge in [0, 0.05) is 16.8 Å². The van der Waals surface area contributed by atoms with Gasteiger partial charge in [-0.15, -0.1) is 0 Å². The molecule has 0 atom stereocenters. The summed E-state index contributed by atoms with van der Waals surface area (Å²) in [6.07, 6.45) is 0.473. The molecular weight excluding hydrogens is 236 g/mol. The molecule has 0 aliphatic heterocycles. The fourth-order valence-corrected chi connectivity index (χ4v) is 1.90. The van der Waals surface area contributed by atoms with Crippen LogP contribution in [0.25, 0.3) is 11.0 Å². The fraction of sp³-hybridized carbons (Fsp3) is 0.357. The quantitative estimate of drug-likeness (QED) is 0.723. The van der Waals surface area contributed by atoms with Crippen LogP contribution in [-0.4, -0.2) is 5.78 Å². The Morgan fingerprint density at radius 2 is 2.00 bits per heavy atom. The maximum atomic E-state index is 12.0. The lowest BCUT2D eigenvalue weighted by atomic mass is 9.89. The summed E-state index contributed by atoms with van der Waals surface area (Å²) in [6.45, 7) is 6.10. The summed E-state index contributed by atoms with van der Waals surface area (Å²) in [7, 11) is 0. The molecule has 0 amide bonds. The van der Waals surface area contributed by atoms with Crippen LogP contribution >= 0.6 is 11.6 Å². The monoisotopic (exact) mass is 250 g/mol. The Balaban J connectivity index is 2.33. The zero-order valence-corrected chi connectivity index (χ0v) is 11.0. The van der Waals surface area contributed by atoms with Crippen molar-refractivity contribution in [3.8, 4) is 0 Å². The molecule has 3 heteroatoms. The third-order valence-corrected chi connectivity index (χ3v) is 2.68. The number of ketones is 1. The SMILES string of the molecule is CC(C)(C)CC(=O)c1cc2cc(Cl)ccc2o1. The van der Waals surface area contributed by atoms with Gasteiger partial charge in [0.2, 0.25) is 0 Å². The van der Waals surface area contributed by atoms with Crippen LogP contribution in [0.2, 0.25) is 5.02 Å². The second kappa shape index (κ2) is 4.19. The molecule has 1 aromatic heterocycles. The average Bonchev–Trinajstić information content (AvgIpc) is 2.57. The van der Waals surface area contributed by atoms with Crippen molar-refractivity contribution in [2.24, 2.45) is 5.41 Å². The molecule has 2 aromatic rings. The van der Waals surface area contributed by atoms with Crippen LogP contribution in [0.4, 0.5) is 0 Å². The summed E-state index contributed by atoms with van der Waals surface area (Å²) in [5.74, 6) is 0.446. The first kappa shape index (κ1) is 12.2. The molecule has 1 aromatic carbocycles. The van der Waals surface area contributed by atoms with Crippen LogP contribution in [0.5, 0.6) is 0 Å².